The number of methoxy groups -OCH3 is 1. The second kappa shape index (κ2) is 6.45. The summed E-state index contributed by atoms with van der Waals surface area (Å²) in [6, 6.07) is 9.20. The average Bonchev–Trinajstić information content (AvgIpc) is 2.99. The summed E-state index contributed by atoms with van der Waals surface area (Å²) in [5, 5.41) is 0.879. The number of aromatic nitrogens is 3. The van der Waals surface area contributed by atoms with Gasteiger partial charge in [-0.2, -0.15) is 0 Å². The van der Waals surface area contributed by atoms with Crippen molar-refractivity contribution in [1.82, 2.24) is 14.5 Å². The first kappa shape index (κ1) is 15.0. The largest absolute Gasteiger partial charge is 0.468 e. The summed E-state index contributed by atoms with van der Waals surface area (Å²) in [4.78, 5) is 19.6. The molecule has 2 N–H and O–H groups in total. The highest BCUT2D eigenvalue weighted by Crippen LogP contribution is 2.30. The van der Waals surface area contributed by atoms with Crippen LogP contribution in [0, 0.1) is 0 Å². The molecular weight excluding hydrogens is 296 g/mol. The Hall–Kier alpha value is -2.93. The second-order valence-corrected chi connectivity index (χ2v) is 4.86. The van der Waals surface area contributed by atoms with Crippen molar-refractivity contribution in [2.75, 3.05) is 7.11 Å². The average molecular weight is 312 g/mol. The van der Waals surface area contributed by atoms with Gasteiger partial charge in [-0.3, -0.25) is 4.79 Å². The van der Waals surface area contributed by atoms with E-state index in [1.54, 1.807) is 10.6 Å². The number of ether oxygens (including phenoxy) is 2. The maximum absolute atomic E-state index is 11.5. The normalized spacial score (nSPS) is 10.7. The monoisotopic (exact) mass is 312 g/mol. The van der Waals surface area contributed by atoms with Gasteiger partial charge in [-0.05, 0) is 18.2 Å². The summed E-state index contributed by atoms with van der Waals surface area (Å²) in [6.07, 6.45) is 3.24. The van der Waals surface area contributed by atoms with Crippen LogP contribution in [0.5, 0.6) is 11.6 Å². The number of benzene rings is 1. The number of carbonyl (C=O) groups is 1. The highest BCUT2D eigenvalue weighted by Gasteiger charge is 2.11. The van der Waals surface area contributed by atoms with Crippen LogP contribution >= 0.6 is 0 Å². The lowest BCUT2D eigenvalue weighted by molar-refractivity contribution is -0.141. The van der Waals surface area contributed by atoms with Gasteiger partial charge in [0.15, 0.2) is 0 Å². The van der Waals surface area contributed by atoms with Gasteiger partial charge in [-0.15, -0.1) is 0 Å². The molecule has 0 atom stereocenters. The van der Waals surface area contributed by atoms with Gasteiger partial charge in [-0.25, -0.2) is 9.97 Å². The molecular formula is C16H16N4O3. The number of esters is 1. The van der Waals surface area contributed by atoms with Gasteiger partial charge in [0, 0.05) is 24.2 Å². The lowest BCUT2D eigenvalue weighted by atomic mass is 10.2. The van der Waals surface area contributed by atoms with Crippen LogP contribution in [0.15, 0.2) is 42.9 Å². The molecule has 2 aromatic heterocycles. The number of nitrogens with two attached hydrogens (primary N) is 1. The van der Waals surface area contributed by atoms with Crippen molar-refractivity contribution in [2.24, 2.45) is 5.73 Å². The van der Waals surface area contributed by atoms with Crippen LogP contribution in [-0.2, 0) is 22.6 Å². The predicted octanol–water partition coefficient (Wildman–Crippen LogP) is 1.86. The minimum atomic E-state index is -0.308. The number of nitrogens with zero attached hydrogens (tertiary/aromatic N) is 3. The van der Waals surface area contributed by atoms with E-state index < -0.39 is 0 Å². The number of hydrogen-bond acceptors (Lipinski definition) is 6. The first-order valence-corrected chi connectivity index (χ1v) is 7.05. The lowest BCUT2D eigenvalue weighted by Gasteiger charge is -2.08. The fourth-order valence-electron chi connectivity index (χ4n) is 2.28. The topological polar surface area (TPSA) is 92.3 Å². The van der Waals surface area contributed by atoms with E-state index in [4.69, 9.17) is 15.2 Å². The Kier molecular flexibility index (Phi) is 4.20. The molecule has 0 saturated heterocycles. The molecule has 0 spiro atoms. The van der Waals surface area contributed by atoms with E-state index in [-0.39, 0.29) is 12.5 Å². The van der Waals surface area contributed by atoms with Gasteiger partial charge < -0.3 is 19.8 Å². The van der Waals surface area contributed by atoms with E-state index in [0.29, 0.717) is 23.9 Å². The molecule has 0 radical (unpaired) electrons. The first-order chi connectivity index (χ1) is 11.2. The van der Waals surface area contributed by atoms with Gasteiger partial charge in [0.25, 0.3) is 0 Å². The fourth-order valence-corrected chi connectivity index (χ4v) is 2.28. The summed E-state index contributed by atoms with van der Waals surface area (Å²) in [7, 11) is 1.37. The van der Waals surface area contributed by atoms with Crippen molar-refractivity contribution >= 4 is 16.9 Å². The Balaban J connectivity index is 1.93. The Bertz CT molecular complexity index is 844. The predicted molar refractivity (Wildman–Crippen MR) is 84.0 cm³/mol. The molecule has 0 aliphatic rings. The van der Waals surface area contributed by atoms with Gasteiger partial charge in [0.2, 0.25) is 5.88 Å². The van der Waals surface area contributed by atoms with Crippen molar-refractivity contribution in [1.29, 1.82) is 0 Å². The molecule has 0 aliphatic heterocycles. The third-order valence-corrected chi connectivity index (χ3v) is 3.42. The Morgan fingerprint density at radius 1 is 1.30 bits per heavy atom. The molecule has 0 aliphatic carbocycles. The number of fused-ring (bicyclic) bond motifs is 1. The molecule has 0 bridgehead atoms. The maximum Gasteiger partial charge on any atom is 0.325 e. The standard InChI is InChI=1S/C16H16N4O3/c1-22-16(21)9-20-6-5-12-13(20)3-2-4-14(12)23-15-7-11(8-17)18-10-19-15/h2-7,10H,8-9,17H2,1H3. The zero-order valence-corrected chi connectivity index (χ0v) is 12.6. The van der Waals surface area contributed by atoms with Crippen molar-refractivity contribution in [3.05, 3.63) is 48.5 Å². The van der Waals surface area contributed by atoms with Crippen LogP contribution in [0.2, 0.25) is 0 Å². The second-order valence-electron chi connectivity index (χ2n) is 4.86. The minimum Gasteiger partial charge on any atom is -0.468 e. The van der Waals surface area contributed by atoms with Gasteiger partial charge >= 0.3 is 5.97 Å². The molecule has 23 heavy (non-hydrogen) atoms. The maximum atomic E-state index is 11.5. The SMILES string of the molecule is COC(=O)Cn1ccc2c(Oc3cc(CN)ncn3)cccc21. The third-order valence-electron chi connectivity index (χ3n) is 3.42. The molecule has 7 nitrogen and oxygen atoms in total. The van der Waals surface area contributed by atoms with Crippen LogP contribution < -0.4 is 10.5 Å². The van der Waals surface area contributed by atoms with E-state index in [1.807, 2.05) is 30.5 Å². The molecule has 0 unspecified atom stereocenters. The van der Waals surface area contributed by atoms with Crippen LogP contribution in [0.1, 0.15) is 5.69 Å². The lowest BCUT2D eigenvalue weighted by Crippen LogP contribution is -2.10. The summed E-state index contributed by atoms with van der Waals surface area (Å²) >= 11 is 0. The summed E-state index contributed by atoms with van der Waals surface area (Å²) in [5.74, 6) is 0.763. The van der Waals surface area contributed by atoms with E-state index in [0.717, 1.165) is 10.9 Å². The highest BCUT2D eigenvalue weighted by molar-refractivity contribution is 5.87. The van der Waals surface area contributed by atoms with Crippen molar-refractivity contribution < 1.29 is 14.3 Å². The smallest absolute Gasteiger partial charge is 0.325 e. The van der Waals surface area contributed by atoms with Crippen LogP contribution in [0.3, 0.4) is 0 Å². The molecule has 118 valence electrons. The van der Waals surface area contributed by atoms with Crippen LogP contribution in [0.4, 0.5) is 0 Å². The summed E-state index contributed by atoms with van der Waals surface area (Å²) < 4.78 is 12.4. The molecule has 7 heteroatoms. The van der Waals surface area contributed by atoms with E-state index >= 15 is 0 Å². The van der Waals surface area contributed by atoms with E-state index in [9.17, 15) is 4.79 Å². The van der Waals surface area contributed by atoms with Crippen molar-refractivity contribution in [3.63, 3.8) is 0 Å². The summed E-state index contributed by atoms with van der Waals surface area (Å²) in [5.41, 5.74) is 7.15. The molecule has 0 saturated carbocycles. The van der Waals surface area contributed by atoms with Gasteiger partial charge in [0.1, 0.15) is 18.6 Å². The number of rotatable bonds is 5. The van der Waals surface area contributed by atoms with Crippen LogP contribution in [0.25, 0.3) is 10.9 Å². The minimum absolute atomic E-state index is 0.147. The molecule has 3 aromatic rings. The van der Waals surface area contributed by atoms with Crippen molar-refractivity contribution in [2.45, 2.75) is 13.1 Å². The van der Waals surface area contributed by atoms with Gasteiger partial charge in [-0.1, -0.05) is 6.07 Å². The van der Waals surface area contributed by atoms with Crippen molar-refractivity contribution in [3.8, 4) is 11.6 Å². The molecule has 1 aromatic carbocycles. The first-order valence-electron chi connectivity index (χ1n) is 7.05. The molecule has 0 amide bonds. The fraction of sp³-hybridized carbons (Fsp3) is 0.188. The number of hydrogen-bond donors (Lipinski definition) is 1. The third kappa shape index (κ3) is 3.14. The Labute approximate surface area is 132 Å². The molecule has 3 rings (SSSR count). The quantitative estimate of drug-likeness (QED) is 0.723. The van der Waals surface area contributed by atoms with E-state index in [2.05, 4.69) is 9.97 Å². The zero-order chi connectivity index (χ0) is 16.2. The molecule has 0 fully saturated rings. The number of carbonyl (C=O) groups excluding carboxylic acids is 1. The summed E-state index contributed by atoms with van der Waals surface area (Å²) in [6.45, 7) is 0.465. The molecule has 2 heterocycles. The Morgan fingerprint density at radius 3 is 2.96 bits per heavy atom. The van der Waals surface area contributed by atoms with E-state index in [1.165, 1.54) is 13.4 Å². The highest BCUT2D eigenvalue weighted by atomic mass is 16.5. The van der Waals surface area contributed by atoms with Gasteiger partial charge in [0.05, 0.1) is 18.3 Å². The zero-order valence-electron chi connectivity index (χ0n) is 12.6. The Morgan fingerprint density at radius 2 is 2.17 bits per heavy atom. The van der Waals surface area contributed by atoms with Crippen LogP contribution in [-0.4, -0.2) is 27.6 Å².